The van der Waals surface area contributed by atoms with Gasteiger partial charge in [0, 0.05) is 30.6 Å². The Morgan fingerprint density at radius 3 is 2.38 bits per heavy atom. The molecule has 2 heterocycles. The van der Waals surface area contributed by atoms with Gasteiger partial charge in [0.2, 0.25) is 5.88 Å². The Hall–Kier alpha value is -3.77. The summed E-state index contributed by atoms with van der Waals surface area (Å²) in [6.45, 7) is 2.48. The zero-order valence-corrected chi connectivity index (χ0v) is 20.4. The first-order chi connectivity index (χ1) is 17.4. The van der Waals surface area contributed by atoms with Crippen LogP contribution in [0.5, 0.6) is 11.6 Å². The van der Waals surface area contributed by atoms with Gasteiger partial charge in [0.05, 0.1) is 30.0 Å². The first-order valence-corrected chi connectivity index (χ1v) is 11.0. The maximum Gasteiger partial charge on any atom is 0.421 e. The number of nitrogens with zero attached hydrogens (tertiary/aromatic N) is 3. The number of carbonyl (C=O) groups is 2. The normalized spacial score (nSPS) is 11.4. The predicted octanol–water partition coefficient (Wildman–Crippen LogP) is 5.41. The number of aliphatic hydroxyl groups excluding tert-OH is 1. The average Bonchev–Trinajstić information content (AvgIpc) is 2.84. The summed E-state index contributed by atoms with van der Waals surface area (Å²) in [6, 6.07) is 4.33. The van der Waals surface area contributed by atoms with Crippen molar-refractivity contribution in [1.29, 1.82) is 0 Å². The van der Waals surface area contributed by atoms with Crippen LogP contribution in [0.2, 0.25) is 5.02 Å². The Morgan fingerprint density at radius 2 is 1.84 bits per heavy atom. The third-order valence-corrected chi connectivity index (χ3v) is 5.22. The van der Waals surface area contributed by atoms with E-state index in [0.717, 1.165) is 30.3 Å². The van der Waals surface area contributed by atoms with E-state index in [1.54, 1.807) is 13.8 Å². The molecule has 0 radical (unpaired) electrons. The summed E-state index contributed by atoms with van der Waals surface area (Å²) in [5.41, 5.74) is -2.16. The molecule has 0 saturated carbocycles. The molecule has 0 fully saturated rings. The lowest BCUT2D eigenvalue weighted by Gasteiger charge is -2.28. The number of anilines is 1. The topological polar surface area (TPSA) is 102 Å². The number of carbonyl (C=O) groups excluding carboxylic acids is 2. The highest BCUT2D eigenvalue weighted by Gasteiger charge is 2.36. The van der Waals surface area contributed by atoms with E-state index in [2.05, 4.69) is 9.97 Å². The summed E-state index contributed by atoms with van der Waals surface area (Å²) in [4.78, 5) is 34.4. The molecule has 196 valence electrons. The number of amides is 1. The summed E-state index contributed by atoms with van der Waals surface area (Å²) in [5, 5.41) is 9.41. The Bertz CT molecular complexity index is 1320. The van der Waals surface area contributed by atoms with Gasteiger partial charge in [-0.15, -0.1) is 0 Å². The number of methoxy groups -OCH3 is 1. The molecule has 0 bridgehead atoms. The summed E-state index contributed by atoms with van der Waals surface area (Å²) in [5.74, 6) is -4.69. The third-order valence-electron chi connectivity index (χ3n) is 5.00. The van der Waals surface area contributed by atoms with E-state index in [1.165, 1.54) is 18.3 Å². The Balaban J connectivity index is 2.14. The van der Waals surface area contributed by atoms with Crippen molar-refractivity contribution in [1.82, 2.24) is 9.97 Å². The second-order valence-electron chi connectivity index (χ2n) is 7.88. The van der Waals surface area contributed by atoms with Crippen molar-refractivity contribution in [2.75, 3.05) is 12.0 Å². The van der Waals surface area contributed by atoms with Crippen LogP contribution < -0.4 is 9.64 Å². The molecule has 0 spiro atoms. The van der Waals surface area contributed by atoms with Crippen molar-refractivity contribution in [2.24, 2.45) is 0 Å². The van der Waals surface area contributed by atoms with Gasteiger partial charge in [-0.2, -0.15) is 13.2 Å². The lowest BCUT2D eigenvalue weighted by molar-refractivity contribution is -0.139. The molecule has 0 aliphatic rings. The Morgan fingerprint density at radius 1 is 1.14 bits per heavy atom. The predicted molar refractivity (Wildman–Crippen MR) is 124 cm³/mol. The van der Waals surface area contributed by atoms with Crippen molar-refractivity contribution in [3.05, 3.63) is 75.9 Å². The molecule has 2 aromatic heterocycles. The fourth-order valence-corrected chi connectivity index (χ4v) is 3.42. The number of aliphatic hydroxyl groups is 1. The second kappa shape index (κ2) is 11.1. The van der Waals surface area contributed by atoms with Crippen LogP contribution in [0.3, 0.4) is 0 Å². The van der Waals surface area contributed by atoms with E-state index >= 15 is 4.39 Å². The number of hydrogen-bond acceptors (Lipinski definition) is 7. The number of pyridine rings is 2. The van der Waals surface area contributed by atoms with Crippen LogP contribution in [0, 0.1) is 5.82 Å². The van der Waals surface area contributed by atoms with E-state index in [-0.39, 0.29) is 27.5 Å². The first-order valence-electron chi connectivity index (χ1n) is 10.6. The number of halogens is 5. The van der Waals surface area contributed by atoms with Gasteiger partial charge in [-0.3, -0.25) is 4.79 Å². The smallest absolute Gasteiger partial charge is 0.421 e. The molecule has 3 aromatic rings. The van der Waals surface area contributed by atoms with Gasteiger partial charge in [0.15, 0.2) is 11.6 Å². The molecule has 0 saturated heterocycles. The molecule has 1 amide bonds. The van der Waals surface area contributed by atoms with E-state index in [9.17, 15) is 22.8 Å². The molecule has 0 atom stereocenters. The van der Waals surface area contributed by atoms with Crippen LogP contribution in [0.4, 0.5) is 23.2 Å². The summed E-state index contributed by atoms with van der Waals surface area (Å²) >= 11 is 5.82. The van der Waals surface area contributed by atoms with Gasteiger partial charge < -0.3 is 19.5 Å². The van der Waals surface area contributed by atoms with Crippen molar-refractivity contribution >= 4 is 29.2 Å². The second-order valence-corrected chi connectivity index (χ2v) is 8.31. The number of ether oxygens (including phenoxy) is 2. The van der Waals surface area contributed by atoms with E-state index in [0.29, 0.717) is 6.07 Å². The SMILES string of the molecule is COC(=O)c1cc(Oc2ncc(CO)cc2C(F)(F)F)c(F)cc1N(C(=O)c1ccc(Cl)cn1)C(C)C. The minimum Gasteiger partial charge on any atom is -0.465 e. The van der Waals surface area contributed by atoms with Crippen LogP contribution in [-0.4, -0.2) is 40.1 Å². The Kier molecular flexibility index (Phi) is 8.34. The van der Waals surface area contributed by atoms with E-state index in [4.69, 9.17) is 26.2 Å². The largest absolute Gasteiger partial charge is 0.465 e. The van der Waals surface area contributed by atoms with E-state index < -0.39 is 53.7 Å². The number of aromatic nitrogens is 2. The number of hydrogen-bond donors (Lipinski definition) is 1. The van der Waals surface area contributed by atoms with Gasteiger partial charge in [0.25, 0.3) is 5.91 Å². The monoisotopic (exact) mass is 541 g/mol. The van der Waals surface area contributed by atoms with Crippen molar-refractivity contribution in [3.8, 4) is 11.6 Å². The zero-order valence-electron chi connectivity index (χ0n) is 19.6. The lowest BCUT2D eigenvalue weighted by atomic mass is 10.1. The molecule has 0 unspecified atom stereocenters. The highest BCUT2D eigenvalue weighted by molar-refractivity contribution is 6.30. The molecule has 0 aliphatic carbocycles. The summed E-state index contributed by atoms with van der Waals surface area (Å²) < 4.78 is 65.7. The maximum atomic E-state index is 15.2. The molecular weight excluding hydrogens is 522 g/mol. The van der Waals surface area contributed by atoms with Crippen molar-refractivity contribution < 1.29 is 41.7 Å². The minimum atomic E-state index is -4.94. The molecule has 1 N–H and O–H groups in total. The molecule has 0 aliphatic heterocycles. The fourth-order valence-electron chi connectivity index (χ4n) is 3.31. The molecular formula is C24H20ClF4N3O5. The molecule has 13 heteroatoms. The first kappa shape index (κ1) is 27.8. The maximum absolute atomic E-state index is 15.2. The van der Waals surface area contributed by atoms with Gasteiger partial charge >= 0.3 is 12.1 Å². The number of alkyl halides is 3. The quantitative estimate of drug-likeness (QED) is 0.315. The molecule has 1 aromatic carbocycles. The fraction of sp³-hybridized carbons (Fsp3) is 0.250. The number of esters is 1. The van der Waals surface area contributed by atoms with Crippen LogP contribution in [0.1, 0.15) is 45.8 Å². The molecule has 8 nitrogen and oxygen atoms in total. The highest BCUT2D eigenvalue weighted by Crippen LogP contribution is 2.39. The highest BCUT2D eigenvalue weighted by atomic mass is 35.5. The number of rotatable bonds is 7. The lowest BCUT2D eigenvalue weighted by Crippen LogP contribution is -2.38. The van der Waals surface area contributed by atoms with Crippen molar-refractivity contribution in [2.45, 2.75) is 32.7 Å². The van der Waals surface area contributed by atoms with Crippen molar-refractivity contribution in [3.63, 3.8) is 0 Å². The van der Waals surface area contributed by atoms with E-state index in [1.807, 2.05) is 0 Å². The van der Waals surface area contributed by atoms with Crippen LogP contribution in [0.15, 0.2) is 42.7 Å². The third kappa shape index (κ3) is 6.15. The van der Waals surface area contributed by atoms with Gasteiger partial charge in [-0.05, 0) is 37.6 Å². The molecule has 37 heavy (non-hydrogen) atoms. The average molecular weight is 542 g/mol. The van der Waals surface area contributed by atoms with Gasteiger partial charge in [0.1, 0.15) is 11.3 Å². The standard InChI is InChI=1S/C24H20ClF4N3O5/c1-12(2)32(22(34)18-5-4-14(25)10-30-18)19-8-17(26)20(7-15(19)23(35)36-3)37-21-16(24(27,28)29)6-13(11-33)9-31-21/h4-10,12,33H,11H2,1-3H3. The Labute approximate surface area is 213 Å². The number of benzene rings is 1. The summed E-state index contributed by atoms with van der Waals surface area (Å²) in [7, 11) is 1.04. The zero-order chi connectivity index (χ0) is 27.5. The van der Waals surface area contributed by atoms with Gasteiger partial charge in [-0.25, -0.2) is 19.2 Å². The van der Waals surface area contributed by atoms with Crippen LogP contribution in [-0.2, 0) is 17.5 Å². The molecule has 3 rings (SSSR count). The summed E-state index contributed by atoms with van der Waals surface area (Å²) in [6.07, 6.45) is -2.78. The van der Waals surface area contributed by atoms with Gasteiger partial charge in [-0.1, -0.05) is 11.6 Å². The minimum absolute atomic E-state index is 0.0577. The van der Waals surface area contributed by atoms with Crippen LogP contribution in [0.25, 0.3) is 0 Å². The van der Waals surface area contributed by atoms with Crippen LogP contribution >= 0.6 is 11.6 Å².